The minimum Gasteiger partial charge on any atom is -0.422 e. The van der Waals surface area contributed by atoms with Gasteiger partial charge in [-0.15, -0.1) is 11.3 Å². The van der Waals surface area contributed by atoms with E-state index in [-0.39, 0.29) is 5.63 Å². The molecule has 0 spiro atoms. The zero-order valence-electron chi connectivity index (χ0n) is 9.96. The molecule has 0 aliphatic carbocycles. The molecule has 3 heteroatoms. The first-order chi connectivity index (χ1) is 8.06. The molecule has 0 aliphatic heterocycles. The van der Waals surface area contributed by atoms with Gasteiger partial charge in [-0.25, -0.2) is 4.79 Å². The van der Waals surface area contributed by atoms with Gasteiger partial charge in [-0.05, 0) is 44.0 Å². The predicted octanol–water partition coefficient (Wildman–Crippen LogP) is 3.93. The summed E-state index contributed by atoms with van der Waals surface area (Å²) in [6.45, 7) is 6.12. The molecular weight excluding hydrogens is 232 g/mol. The summed E-state index contributed by atoms with van der Waals surface area (Å²) in [5, 5.41) is 2.09. The van der Waals surface area contributed by atoms with E-state index in [1.807, 2.05) is 6.92 Å². The molecule has 0 radical (unpaired) electrons. The van der Waals surface area contributed by atoms with Crippen LogP contribution in [0.25, 0.3) is 21.1 Å². The van der Waals surface area contributed by atoms with Crippen LogP contribution in [0.15, 0.2) is 27.4 Å². The van der Waals surface area contributed by atoms with Gasteiger partial charge >= 0.3 is 5.63 Å². The number of benzene rings is 1. The molecule has 2 heterocycles. The smallest absolute Gasteiger partial charge is 0.336 e. The normalized spacial score (nSPS) is 11.5. The first-order valence-corrected chi connectivity index (χ1v) is 6.32. The van der Waals surface area contributed by atoms with Crippen LogP contribution >= 0.6 is 11.3 Å². The van der Waals surface area contributed by atoms with Crippen molar-refractivity contribution in [3.63, 3.8) is 0 Å². The topological polar surface area (TPSA) is 30.2 Å². The van der Waals surface area contributed by atoms with Gasteiger partial charge in [0, 0.05) is 26.4 Å². The van der Waals surface area contributed by atoms with Gasteiger partial charge in [-0.3, -0.25) is 0 Å². The first kappa shape index (κ1) is 10.5. The van der Waals surface area contributed by atoms with Crippen LogP contribution in [-0.4, -0.2) is 0 Å². The molecule has 86 valence electrons. The van der Waals surface area contributed by atoms with Gasteiger partial charge in [-0.1, -0.05) is 0 Å². The van der Waals surface area contributed by atoms with Crippen molar-refractivity contribution in [3.05, 3.63) is 44.6 Å². The second kappa shape index (κ2) is 3.44. The van der Waals surface area contributed by atoms with E-state index in [1.54, 1.807) is 17.4 Å². The van der Waals surface area contributed by atoms with E-state index in [0.29, 0.717) is 0 Å². The van der Waals surface area contributed by atoms with Crippen LogP contribution in [0.2, 0.25) is 0 Å². The molecule has 0 atom stereocenters. The fourth-order valence-electron chi connectivity index (χ4n) is 2.26. The van der Waals surface area contributed by atoms with E-state index >= 15 is 0 Å². The average molecular weight is 244 g/mol. The van der Waals surface area contributed by atoms with Gasteiger partial charge < -0.3 is 4.42 Å². The number of aryl methyl sites for hydroxylation is 3. The van der Waals surface area contributed by atoms with Crippen LogP contribution in [0.3, 0.4) is 0 Å². The van der Waals surface area contributed by atoms with E-state index in [2.05, 4.69) is 26.0 Å². The van der Waals surface area contributed by atoms with Gasteiger partial charge in [0.05, 0.1) is 0 Å². The SMILES string of the molecule is Cc1cc2c(s1)c(C)cc1c(C)cc(=O)oc12. The monoisotopic (exact) mass is 244 g/mol. The van der Waals surface area contributed by atoms with E-state index < -0.39 is 0 Å². The lowest BCUT2D eigenvalue weighted by Crippen LogP contribution is -1.98. The van der Waals surface area contributed by atoms with Crippen molar-refractivity contribution in [1.29, 1.82) is 0 Å². The molecule has 2 aromatic heterocycles. The minimum absolute atomic E-state index is 0.274. The maximum absolute atomic E-state index is 11.5. The van der Waals surface area contributed by atoms with Gasteiger partial charge in [-0.2, -0.15) is 0 Å². The zero-order chi connectivity index (χ0) is 12.2. The number of rotatable bonds is 0. The Morgan fingerprint density at radius 3 is 2.53 bits per heavy atom. The summed E-state index contributed by atoms with van der Waals surface area (Å²) in [4.78, 5) is 12.7. The molecule has 0 bridgehead atoms. The highest BCUT2D eigenvalue weighted by molar-refractivity contribution is 7.19. The van der Waals surface area contributed by atoms with Gasteiger partial charge in [0.15, 0.2) is 0 Å². The first-order valence-electron chi connectivity index (χ1n) is 5.50. The van der Waals surface area contributed by atoms with Crippen molar-refractivity contribution in [2.45, 2.75) is 20.8 Å². The van der Waals surface area contributed by atoms with Crippen molar-refractivity contribution in [2.75, 3.05) is 0 Å². The molecule has 0 N–H and O–H groups in total. The third-order valence-corrected chi connectivity index (χ3v) is 4.21. The summed E-state index contributed by atoms with van der Waals surface area (Å²) in [6.07, 6.45) is 0. The Hall–Kier alpha value is -1.61. The standard InChI is InChI=1S/C14H12O2S/c1-7-5-12(15)16-13-10(7)4-8(2)14-11(13)6-9(3)17-14/h4-6H,1-3H3. The summed E-state index contributed by atoms with van der Waals surface area (Å²) < 4.78 is 6.59. The Labute approximate surface area is 102 Å². The van der Waals surface area contributed by atoms with E-state index in [0.717, 1.165) is 21.9 Å². The average Bonchev–Trinajstić information content (AvgIpc) is 2.63. The lowest BCUT2D eigenvalue weighted by Gasteiger charge is -2.03. The predicted molar refractivity (Wildman–Crippen MR) is 72.1 cm³/mol. The molecule has 0 unspecified atom stereocenters. The third-order valence-electron chi connectivity index (χ3n) is 3.03. The molecule has 3 rings (SSSR count). The highest BCUT2D eigenvalue weighted by Crippen LogP contribution is 2.34. The fourth-order valence-corrected chi connectivity index (χ4v) is 3.24. The fraction of sp³-hybridized carbons (Fsp3) is 0.214. The number of thiophene rings is 1. The summed E-state index contributed by atoms with van der Waals surface area (Å²) in [5.74, 6) is 0. The quantitative estimate of drug-likeness (QED) is 0.561. The Morgan fingerprint density at radius 1 is 1.00 bits per heavy atom. The third kappa shape index (κ3) is 1.50. The highest BCUT2D eigenvalue weighted by Gasteiger charge is 2.11. The Kier molecular flexibility index (Phi) is 2.13. The van der Waals surface area contributed by atoms with Gasteiger partial charge in [0.2, 0.25) is 0 Å². The second-order valence-corrected chi connectivity index (χ2v) is 5.67. The minimum atomic E-state index is -0.274. The molecule has 0 amide bonds. The largest absolute Gasteiger partial charge is 0.422 e. The van der Waals surface area contributed by atoms with Crippen LogP contribution in [0, 0.1) is 20.8 Å². The van der Waals surface area contributed by atoms with Crippen molar-refractivity contribution in [3.8, 4) is 0 Å². The summed E-state index contributed by atoms with van der Waals surface area (Å²) in [6, 6.07) is 5.75. The van der Waals surface area contributed by atoms with Gasteiger partial charge in [0.25, 0.3) is 0 Å². The molecule has 3 aromatic rings. The van der Waals surface area contributed by atoms with Crippen LogP contribution in [0.4, 0.5) is 0 Å². The summed E-state index contributed by atoms with van der Waals surface area (Å²) >= 11 is 1.74. The lowest BCUT2D eigenvalue weighted by atomic mass is 10.1. The Bertz CT molecular complexity index is 793. The molecular formula is C14H12O2S. The van der Waals surface area contributed by atoms with E-state index in [9.17, 15) is 4.79 Å². The Morgan fingerprint density at radius 2 is 1.76 bits per heavy atom. The van der Waals surface area contributed by atoms with E-state index in [1.165, 1.54) is 15.1 Å². The molecule has 0 saturated carbocycles. The maximum Gasteiger partial charge on any atom is 0.336 e. The molecule has 0 saturated heterocycles. The number of fused-ring (bicyclic) bond motifs is 3. The van der Waals surface area contributed by atoms with Crippen molar-refractivity contribution >= 4 is 32.4 Å². The molecule has 2 nitrogen and oxygen atoms in total. The summed E-state index contributed by atoms with van der Waals surface area (Å²) in [5.41, 5.74) is 2.66. The van der Waals surface area contributed by atoms with E-state index in [4.69, 9.17) is 4.42 Å². The van der Waals surface area contributed by atoms with Gasteiger partial charge in [0.1, 0.15) is 5.58 Å². The molecule has 1 aromatic carbocycles. The number of hydrogen-bond donors (Lipinski definition) is 0. The van der Waals surface area contributed by atoms with Crippen LogP contribution < -0.4 is 5.63 Å². The molecule has 0 aliphatic rings. The van der Waals surface area contributed by atoms with Crippen molar-refractivity contribution in [1.82, 2.24) is 0 Å². The zero-order valence-corrected chi connectivity index (χ0v) is 10.8. The van der Waals surface area contributed by atoms with Crippen LogP contribution in [0.1, 0.15) is 16.0 Å². The second-order valence-electron chi connectivity index (χ2n) is 4.42. The lowest BCUT2D eigenvalue weighted by molar-refractivity contribution is 0.563. The Balaban J connectivity index is 2.67. The highest BCUT2D eigenvalue weighted by atomic mass is 32.1. The number of hydrogen-bond acceptors (Lipinski definition) is 3. The van der Waals surface area contributed by atoms with Crippen LogP contribution in [-0.2, 0) is 0 Å². The van der Waals surface area contributed by atoms with Crippen LogP contribution in [0.5, 0.6) is 0 Å². The van der Waals surface area contributed by atoms with Crippen molar-refractivity contribution < 1.29 is 4.42 Å². The summed E-state index contributed by atoms with van der Waals surface area (Å²) in [7, 11) is 0. The molecule has 0 fully saturated rings. The maximum atomic E-state index is 11.5. The molecule has 17 heavy (non-hydrogen) atoms. The van der Waals surface area contributed by atoms with Crippen molar-refractivity contribution in [2.24, 2.45) is 0 Å².